The quantitative estimate of drug-likeness (QED) is 0.898. The molecule has 90 valence electrons. The predicted molar refractivity (Wildman–Crippen MR) is 68.3 cm³/mol. The summed E-state index contributed by atoms with van der Waals surface area (Å²) < 4.78 is 0. The summed E-state index contributed by atoms with van der Waals surface area (Å²) >= 11 is 12.1. The Balaban J connectivity index is 2.21. The largest absolute Gasteiger partial charge is 0.310 e. The van der Waals surface area contributed by atoms with Crippen LogP contribution in [0.25, 0.3) is 0 Å². The van der Waals surface area contributed by atoms with Gasteiger partial charge in [0.1, 0.15) is 12.2 Å². The molecule has 0 fully saturated rings. The van der Waals surface area contributed by atoms with Crippen molar-refractivity contribution in [2.75, 3.05) is 7.05 Å². The van der Waals surface area contributed by atoms with Gasteiger partial charge in [-0.2, -0.15) is 5.10 Å². The van der Waals surface area contributed by atoms with Crippen LogP contribution in [0.15, 0.2) is 24.5 Å². The molecule has 2 aromatic rings. The van der Waals surface area contributed by atoms with Crippen LogP contribution >= 0.6 is 23.2 Å². The number of benzene rings is 1. The van der Waals surface area contributed by atoms with E-state index in [1.54, 1.807) is 12.1 Å². The molecule has 2 rings (SSSR count). The van der Waals surface area contributed by atoms with Crippen LogP contribution in [0.3, 0.4) is 0 Å². The van der Waals surface area contributed by atoms with E-state index in [1.807, 2.05) is 13.1 Å². The molecular weight excluding hydrogens is 259 g/mol. The van der Waals surface area contributed by atoms with E-state index in [9.17, 15) is 0 Å². The van der Waals surface area contributed by atoms with Gasteiger partial charge in [0, 0.05) is 10.0 Å². The van der Waals surface area contributed by atoms with Crippen LogP contribution < -0.4 is 5.32 Å². The molecule has 0 aliphatic rings. The maximum Gasteiger partial charge on any atom is 0.141 e. The summed E-state index contributed by atoms with van der Waals surface area (Å²) in [5, 5.41) is 11.2. The summed E-state index contributed by atoms with van der Waals surface area (Å²) in [4.78, 5) is 4.13. The lowest BCUT2D eigenvalue weighted by Crippen LogP contribution is -2.20. The van der Waals surface area contributed by atoms with Gasteiger partial charge in [0.2, 0.25) is 0 Å². The Morgan fingerprint density at radius 2 is 2.24 bits per heavy atom. The summed E-state index contributed by atoms with van der Waals surface area (Å²) in [5.41, 5.74) is 0.981. The molecule has 0 spiro atoms. The van der Waals surface area contributed by atoms with Gasteiger partial charge in [-0.25, -0.2) is 4.98 Å². The molecule has 6 heteroatoms. The highest BCUT2D eigenvalue weighted by atomic mass is 35.5. The third-order valence-electron chi connectivity index (χ3n) is 2.54. The number of hydrogen-bond donors (Lipinski definition) is 2. The van der Waals surface area contributed by atoms with Crippen molar-refractivity contribution < 1.29 is 0 Å². The van der Waals surface area contributed by atoms with Gasteiger partial charge >= 0.3 is 0 Å². The van der Waals surface area contributed by atoms with Gasteiger partial charge in [-0.1, -0.05) is 23.2 Å². The zero-order valence-electron chi connectivity index (χ0n) is 9.24. The van der Waals surface area contributed by atoms with E-state index in [0.29, 0.717) is 16.5 Å². The number of likely N-dealkylation sites (N-methyl/N-ethyl adjacent to an activating group) is 1. The molecule has 17 heavy (non-hydrogen) atoms. The Bertz CT molecular complexity index is 484. The van der Waals surface area contributed by atoms with Crippen LogP contribution in [-0.2, 0) is 6.42 Å². The van der Waals surface area contributed by atoms with E-state index in [2.05, 4.69) is 20.5 Å². The second-order valence-electron chi connectivity index (χ2n) is 3.65. The number of aromatic nitrogens is 3. The summed E-state index contributed by atoms with van der Waals surface area (Å²) in [5.74, 6) is 0.781. The van der Waals surface area contributed by atoms with Gasteiger partial charge in [0.05, 0.1) is 6.04 Å². The summed E-state index contributed by atoms with van der Waals surface area (Å²) in [7, 11) is 1.87. The molecule has 0 amide bonds. The molecule has 1 heterocycles. The zero-order chi connectivity index (χ0) is 12.3. The number of nitrogens with zero attached hydrogens (tertiary/aromatic N) is 2. The molecule has 0 aliphatic carbocycles. The van der Waals surface area contributed by atoms with Gasteiger partial charge < -0.3 is 5.32 Å². The van der Waals surface area contributed by atoms with Crippen molar-refractivity contribution in [1.82, 2.24) is 20.5 Å². The van der Waals surface area contributed by atoms with Crippen LogP contribution in [0.1, 0.15) is 17.4 Å². The molecule has 0 saturated carbocycles. The Morgan fingerprint density at radius 3 is 2.88 bits per heavy atom. The fourth-order valence-electron chi connectivity index (χ4n) is 1.64. The highest BCUT2D eigenvalue weighted by molar-refractivity contribution is 6.33. The smallest absolute Gasteiger partial charge is 0.141 e. The van der Waals surface area contributed by atoms with E-state index in [4.69, 9.17) is 23.2 Å². The first-order valence-electron chi connectivity index (χ1n) is 5.17. The molecule has 1 aromatic heterocycles. The number of aromatic amines is 1. The van der Waals surface area contributed by atoms with Gasteiger partial charge in [0.15, 0.2) is 0 Å². The fourth-order valence-corrected chi connectivity index (χ4v) is 2.03. The van der Waals surface area contributed by atoms with Crippen molar-refractivity contribution in [2.45, 2.75) is 12.5 Å². The minimum absolute atomic E-state index is 0.0356. The van der Waals surface area contributed by atoms with Crippen molar-refractivity contribution >= 4 is 23.2 Å². The van der Waals surface area contributed by atoms with Crippen LogP contribution in [0.4, 0.5) is 0 Å². The van der Waals surface area contributed by atoms with Crippen molar-refractivity contribution in [3.05, 3.63) is 46.0 Å². The van der Waals surface area contributed by atoms with Crippen molar-refractivity contribution in [3.63, 3.8) is 0 Å². The molecule has 1 aromatic carbocycles. The molecule has 0 radical (unpaired) electrons. The second-order valence-corrected chi connectivity index (χ2v) is 4.50. The van der Waals surface area contributed by atoms with Crippen LogP contribution in [0.2, 0.25) is 10.0 Å². The van der Waals surface area contributed by atoms with Crippen LogP contribution in [0.5, 0.6) is 0 Å². The average Bonchev–Trinajstić information content (AvgIpc) is 2.84. The van der Waals surface area contributed by atoms with Gasteiger partial charge in [-0.05, 0) is 37.2 Å². The van der Waals surface area contributed by atoms with Gasteiger partial charge in [0.25, 0.3) is 0 Å². The maximum absolute atomic E-state index is 6.13. The fraction of sp³-hybridized carbons (Fsp3) is 0.273. The van der Waals surface area contributed by atoms with E-state index in [0.717, 1.165) is 11.4 Å². The molecule has 0 bridgehead atoms. The second kappa shape index (κ2) is 5.49. The molecular formula is C11H12Cl2N4. The monoisotopic (exact) mass is 270 g/mol. The Labute approximate surface area is 109 Å². The molecule has 0 aliphatic heterocycles. The lowest BCUT2D eigenvalue weighted by atomic mass is 10.1. The normalized spacial score (nSPS) is 12.6. The van der Waals surface area contributed by atoms with Gasteiger partial charge in [-0.3, -0.25) is 5.10 Å². The number of halogens is 2. The summed E-state index contributed by atoms with van der Waals surface area (Å²) in [6, 6.07) is 5.47. The molecule has 1 unspecified atom stereocenters. The average molecular weight is 271 g/mol. The first kappa shape index (κ1) is 12.4. The topological polar surface area (TPSA) is 53.6 Å². The summed E-state index contributed by atoms with van der Waals surface area (Å²) in [6.07, 6.45) is 2.18. The van der Waals surface area contributed by atoms with E-state index in [-0.39, 0.29) is 6.04 Å². The predicted octanol–water partition coefficient (Wildman–Crippen LogP) is 2.61. The van der Waals surface area contributed by atoms with E-state index < -0.39 is 0 Å². The third kappa shape index (κ3) is 2.97. The molecule has 0 saturated heterocycles. The third-order valence-corrected chi connectivity index (χ3v) is 3.15. The Morgan fingerprint density at radius 1 is 1.41 bits per heavy atom. The SMILES string of the molecule is CNC(Cc1cc(Cl)ccc1Cl)c1ncn[nH]1. The standard InChI is InChI=1S/C11H12Cl2N4/c1-14-10(11-15-6-16-17-11)5-7-4-8(12)2-3-9(7)13/h2-4,6,10,14H,5H2,1H3,(H,15,16,17). The highest BCUT2D eigenvalue weighted by Gasteiger charge is 2.14. The summed E-state index contributed by atoms with van der Waals surface area (Å²) in [6.45, 7) is 0. The number of rotatable bonds is 4. The number of H-pyrrole nitrogens is 1. The van der Waals surface area contributed by atoms with Crippen molar-refractivity contribution in [3.8, 4) is 0 Å². The molecule has 2 N–H and O–H groups in total. The minimum Gasteiger partial charge on any atom is -0.310 e. The van der Waals surface area contributed by atoms with E-state index in [1.165, 1.54) is 6.33 Å². The lowest BCUT2D eigenvalue weighted by molar-refractivity contribution is 0.560. The number of hydrogen-bond acceptors (Lipinski definition) is 3. The Hall–Kier alpha value is -1.10. The van der Waals surface area contributed by atoms with Gasteiger partial charge in [-0.15, -0.1) is 0 Å². The van der Waals surface area contributed by atoms with E-state index >= 15 is 0 Å². The zero-order valence-corrected chi connectivity index (χ0v) is 10.8. The van der Waals surface area contributed by atoms with Crippen LogP contribution in [-0.4, -0.2) is 22.2 Å². The number of nitrogens with one attached hydrogen (secondary N) is 2. The van der Waals surface area contributed by atoms with Crippen molar-refractivity contribution in [2.24, 2.45) is 0 Å². The first-order valence-corrected chi connectivity index (χ1v) is 5.92. The molecule has 1 atom stereocenters. The maximum atomic E-state index is 6.13. The minimum atomic E-state index is 0.0356. The van der Waals surface area contributed by atoms with Crippen molar-refractivity contribution in [1.29, 1.82) is 0 Å². The Kier molecular flexibility index (Phi) is 3.99. The highest BCUT2D eigenvalue weighted by Crippen LogP contribution is 2.24. The first-order chi connectivity index (χ1) is 8.20. The molecule has 4 nitrogen and oxygen atoms in total. The van der Waals surface area contributed by atoms with Crippen LogP contribution in [0, 0.1) is 0 Å². The lowest BCUT2D eigenvalue weighted by Gasteiger charge is -2.14.